The molecule has 0 aromatic heterocycles. The Morgan fingerprint density at radius 2 is 2.03 bits per heavy atom. The van der Waals surface area contributed by atoms with Crippen molar-refractivity contribution in [2.24, 2.45) is 11.3 Å². The van der Waals surface area contributed by atoms with E-state index < -0.39 is 17.5 Å². The number of anilines is 1. The molecule has 1 aliphatic carbocycles. The number of carbonyl (C=O) groups is 3. The van der Waals surface area contributed by atoms with Crippen LogP contribution in [0.5, 0.6) is 11.5 Å². The van der Waals surface area contributed by atoms with E-state index >= 15 is 0 Å². The number of urea groups is 1. The lowest BCUT2D eigenvalue weighted by Crippen LogP contribution is -2.54. The van der Waals surface area contributed by atoms with Crippen LogP contribution >= 0.6 is 0 Å². The predicted octanol–water partition coefficient (Wildman–Crippen LogP) is 3.48. The van der Waals surface area contributed by atoms with E-state index in [4.69, 9.17) is 9.47 Å². The van der Waals surface area contributed by atoms with Crippen LogP contribution in [-0.4, -0.2) is 47.5 Å². The zero-order valence-electron chi connectivity index (χ0n) is 19.5. The van der Waals surface area contributed by atoms with E-state index in [0.717, 1.165) is 23.3 Å². The minimum Gasteiger partial charge on any atom is -0.492 e. The van der Waals surface area contributed by atoms with Gasteiger partial charge in [-0.1, -0.05) is 20.8 Å². The molecule has 1 saturated carbocycles. The third kappa shape index (κ3) is 4.14. The highest BCUT2D eigenvalue weighted by atomic mass is 16.5. The molecule has 8 nitrogen and oxygen atoms in total. The van der Waals surface area contributed by atoms with Gasteiger partial charge in [0.15, 0.2) is 0 Å². The molecule has 2 aliphatic heterocycles. The molecule has 0 bridgehead atoms. The van der Waals surface area contributed by atoms with E-state index in [9.17, 15) is 14.4 Å². The summed E-state index contributed by atoms with van der Waals surface area (Å²) in [5.74, 6) is 0.797. The standard InChI is InChI=1S/C24H33N3O5/c1-6-31-19-8-16-7-15(3)32-18(16)9-17(19)25-20(28)12-27-21(29)24(26-22(27)30)11-14(2)10-23(4,5)13-24/h8-9,14-15H,6-7,10-13H2,1-5H3,(H,25,28)(H,26,30). The summed E-state index contributed by atoms with van der Waals surface area (Å²) in [5.41, 5.74) is 0.516. The molecule has 1 aromatic carbocycles. The first-order valence-corrected chi connectivity index (χ1v) is 11.4. The average molecular weight is 444 g/mol. The molecule has 3 aliphatic rings. The number of carbonyl (C=O) groups excluding carboxylic acids is 3. The number of nitrogens with zero attached hydrogens (tertiary/aromatic N) is 1. The Hall–Kier alpha value is -2.77. The van der Waals surface area contributed by atoms with Gasteiger partial charge in [0, 0.05) is 18.1 Å². The molecule has 1 aromatic rings. The molecule has 4 rings (SSSR count). The molecule has 1 saturated heterocycles. The topological polar surface area (TPSA) is 97.0 Å². The van der Waals surface area contributed by atoms with E-state index in [1.54, 1.807) is 6.07 Å². The van der Waals surface area contributed by atoms with Crippen LogP contribution < -0.4 is 20.1 Å². The first kappa shape index (κ1) is 22.4. The fraction of sp³-hybridized carbons (Fsp3) is 0.625. The largest absolute Gasteiger partial charge is 0.492 e. The number of benzene rings is 1. The van der Waals surface area contributed by atoms with E-state index in [-0.39, 0.29) is 24.0 Å². The summed E-state index contributed by atoms with van der Waals surface area (Å²) >= 11 is 0. The molecule has 3 unspecified atom stereocenters. The SMILES string of the molecule is CCOc1cc2c(cc1NC(=O)CN1C(=O)NC3(CC(C)CC(C)(C)C3)C1=O)OC(C)C2. The summed E-state index contributed by atoms with van der Waals surface area (Å²) in [6.07, 6.45) is 3.01. The Morgan fingerprint density at radius 3 is 2.72 bits per heavy atom. The second kappa shape index (κ2) is 7.98. The van der Waals surface area contributed by atoms with Crippen molar-refractivity contribution in [1.29, 1.82) is 0 Å². The molecule has 3 atom stereocenters. The lowest BCUT2D eigenvalue weighted by molar-refractivity contribution is -0.136. The van der Waals surface area contributed by atoms with Gasteiger partial charge in [-0.05, 0) is 50.5 Å². The van der Waals surface area contributed by atoms with Gasteiger partial charge >= 0.3 is 6.03 Å². The number of ether oxygens (including phenoxy) is 2. The first-order valence-electron chi connectivity index (χ1n) is 11.4. The van der Waals surface area contributed by atoms with Crippen molar-refractivity contribution in [3.63, 3.8) is 0 Å². The van der Waals surface area contributed by atoms with E-state index in [1.807, 2.05) is 19.9 Å². The van der Waals surface area contributed by atoms with Crippen molar-refractivity contribution in [2.75, 3.05) is 18.5 Å². The van der Waals surface area contributed by atoms with Crippen LogP contribution in [0.3, 0.4) is 0 Å². The van der Waals surface area contributed by atoms with Gasteiger partial charge in [0.2, 0.25) is 5.91 Å². The van der Waals surface area contributed by atoms with Gasteiger partial charge in [0.25, 0.3) is 5.91 Å². The summed E-state index contributed by atoms with van der Waals surface area (Å²) in [7, 11) is 0. The molecule has 2 heterocycles. The van der Waals surface area contributed by atoms with Crippen molar-refractivity contribution >= 4 is 23.5 Å². The van der Waals surface area contributed by atoms with Gasteiger partial charge in [-0.2, -0.15) is 0 Å². The predicted molar refractivity (Wildman–Crippen MR) is 120 cm³/mol. The fourth-order valence-electron chi connectivity index (χ4n) is 5.79. The van der Waals surface area contributed by atoms with Gasteiger partial charge < -0.3 is 20.1 Å². The molecular weight excluding hydrogens is 410 g/mol. The number of imide groups is 1. The third-order valence-corrected chi connectivity index (χ3v) is 6.50. The van der Waals surface area contributed by atoms with Gasteiger partial charge in [0.05, 0.1) is 12.3 Å². The number of amides is 4. The molecule has 1 spiro atoms. The Kier molecular flexibility index (Phi) is 5.59. The normalized spacial score (nSPS) is 28.3. The number of rotatable bonds is 5. The zero-order chi connectivity index (χ0) is 23.3. The molecule has 2 N–H and O–H groups in total. The van der Waals surface area contributed by atoms with Crippen molar-refractivity contribution in [3.05, 3.63) is 17.7 Å². The monoisotopic (exact) mass is 443 g/mol. The maximum absolute atomic E-state index is 13.3. The van der Waals surface area contributed by atoms with Crippen LogP contribution in [-0.2, 0) is 16.0 Å². The van der Waals surface area contributed by atoms with Crippen LogP contribution in [0.15, 0.2) is 12.1 Å². The second-order valence-electron chi connectivity index (χ2n) is 10.3. The van der Waals surface area contributed by atoms with Gasteiger partial charge in [-0.25, -0.2) is 4.79 Å². The summed E-state index contributed by atoms with van der Waals surface area (Å²) in [6.45, 7) is 10.3. The van der Waals surface area contributed by atoms with Crippen LogP contribution in [0, 0.1) is 11.3 Å². The average Bonchev–Trinajstić information content (AvgIpc) is 3.11. The van der Waals surface area contributed by atoms with Gasteiger partial charge in [-0.3, -0.25) is 14.5 Å². The van der Waals surface area contributed by atoms with Crippen molar-refractivity contribution < 1.29 is 23.9 Å². The summed E-state index contributed by atoms with van der Waals surface area (Å²) in [5, 5.41) is 5.71. The van der Waals surface area contributed by atoms with E-state index in [2.05, 4.69) is 31.4 Å². The highest BCUT2D eigenvalue weighted by Gasteiger charge is 2.56. The molecule has 8 heteroatoms. The molecule has 2 fully saturated rings. The highest BCUT2D eigenvalue weighted by molar-refractivity contribution is 6.10. The Labute approximate surface area is 189 Å². The molecular formula is C24H33N3O5. The fourth-order valence-corrected chi connectivity index (χ4v) is 5.79. The van der Waals surface area contributed by atoms with Crippen LogP contribution in [0.25, 0.3) is 0 Å². The number of fused-ring (bicyclic) bond motifs is 1. The Bertz CT molecular complexity index is 959. The Morgan fingerprint density at radius 1 is 1.28 bits per heavy atom. The van der Waals surface area contributed by atoms with Gasteiger partial charge in [0.1, 0.15) is 29.7 Å². The van der Waals surface area contributed by atoms with E-state index in [1.165, 1.54) is 0 Å². The first-order chi connectivity index (χ1) is 15.0. The summed E-state index contributed by atoms with van der Waals surface area (Å²) < 4.78 is 11.5. The summed E-state index contributed by atoms with van der Waals surface area (Å²) in [4.78, 5) is 39.9. The van der Waals surface area contributed by atoms with Crippen LogP contribution in [0.4, 0.5) is 10.5 Å². The van der Waals surface area contributed by atoms with Crippen molar-refractivity contribution in [3.8, 4) is 11.5 Å². The second-order valence-corrected chi connectivity index (χ2v) is 10.3. The minimum absolute atomic E-state index is 0.0627. The molecule has 32 heavy (non-hydrogen) atoms. The van der Waals surface area contributed by atoms with Crippen molar-refractivity contribution in [2.45, 2.75) is 71.9 Å². The smallest absolute Gasteiger partial charge is 0.325 e. The lowest BCUT2D eigenvalue weighted by atomic mass is 9.64. The van der Waals surface area contributed by atoms with E-state index in [0.29, 0.717) is 42.6 Å². The van der Waals surface area contributed by atoms with Crippen LogP contribution in [0.2, 0.25) is 0 Å². The zero-order valence-corrected chi connectivity index (χ0v) is 19.5. The maximum Gasteiger partial charge on any atom is 0.325 e. The maximum atomic E-state index is 13.3. The van der Waals surface area contributed by atoms with Crippen LogP contribution in [0.1, 0.15) is 59.4 Å². The number of nitrogens with one attached hydrogen (secondary N) is 2. The lowest BCUT2D eigenvalue weighted by Gasteiger charge is -2.43. The number of hydrogen-bond acceptors (Lipinski definition) is 5. The molecule has 0 radical (unpaired) electrons. The van der Waals surface area contributed by atoms with Gasteiger partial charge in [-0.15, -0.1) is 0 Å². The molecule has 174 valence electrons. The third-order valence-electron chi connectivity index (χ3n) is 6.50. The molecule has 4 amide bonds. The quantitative estimate of drug-likeness (QED) is 0.679. The highest BCUT2D eigenvalue weighted by Crippen LogP contribution is 2.46. The number of hydrogen-bond donors (Lipinski definition) is 2. The summed E-state index contributed by atoms with van der Waals surface area (Å²) in [6, 6.07) is 3.12. The minimum atomic E-state index is -0.924. The Balaban J connectivity index is 1.50. The van der Waals surface area contributed by atoms with Crippen molar-refractivity contribution in [1.82, 2.24) is 10.2 Å².